The molecular weight excluding hydrogens is 406 g/mol. The first-order chi connectivity index (χ1) is 15.5. The summed E-state index contributed by atoms with van der Waals surface area (Å²) in [5, 5.41) is 8.05. The molecule has 1 fully saturated rings. The molecule has 2 aliphatic heterocycles. The summed E-state index contributed by atoms with van der Waals surface area (Å²) in [6.07, 6.45) is 4.80. The number of aryl methyl sites for hydroxylation is 2. The number of ether oxygens (including phenoxy) is 2. The maximum absolute atomic E-state index is 13.1. The molecule has 0 unspecified atom stereocenters. The van der Waals surface area contributed by atoms with E-state index >= 15 is 0 Å². The number of amides is 1. The van der Waals surface area contributed by atoms with Crippen LogP contribution in [0.3, 0.4) is 0 Å². The summed E-state index contributed by atoms with van der Waals surface area (Å²) in [4.78, 5) is 25.7. The van der Waals surface area contributed by atoms with Crippen LogP contribution in [0.4, 0.5) is 0 Å². The minimum atomic E-state index is -0.330. The lowest BCUT2D eigenvalue weighted by Crippen LogP contribution is -2.40. The van der Waals surface area contributed by atoms with Gasteiger partial charge in [0.1, 0.15) is 0 Å². The molecule has 3 heterocycles. The quantitative estimate of drug-likeness (QED) is 0.695. The van der Waals surface area contributed by atoms with E-state index in [0.29, 0.717) is 43.9 Å². The van der Waals surface area contributed by atoms with E-state index in [0.717, 1.165) is 54.7 Å². The van der Waals surface area contributed by atoms with E-state index in [1.165, 1.54) is 0 Å². The molecular formula is C25H33N3O4. The van der Waals surface area contributed by atoms with E-state index in [-0.39, 0.29) is 17.3 Å². The van der Waals surface area contributed by atoms with Crippen molar-refractivity contribution in [1.82, 2.24) is 15.1 Å². The van der Waals surface area contributed by atoms with Gasteiger partial charge in [-0.3, -0.25) is 4.79 Å². The number of carbonyl (C=O) groups is 2. The average molecular weight is 440 g/mol. The van der Waals surface area contributed by atoms with Gasteiger partial charge in [-0.05, 0) is 61.6 Å². The van der Waals surface area contributed by atoms with Crippen LogP contribution < -0.4 is 5.32 Å². The van der Waals surface area contributed by atoms with Crippen LogP contribution in [0.15, 0.2) is 18.2 Å². The Kier molecular flexibility index (Phi) is 6.65. The summed E-state index contributed by atoms with van der Waals surface area (Å²) in [6, 6.07) is 5.65. The molecule has 0 radical (unpaired) electrons. The zero-order chi connectivity index (χ0) is 22.7. The van der Waals surface area contributed by atoms with Crippen molar-refractivity contribution in [2.24, 2.45) is 5.41 Å². The molecule has 4 rings (SSSR count). The molecule has 0 bridgehead atoms. The number of hydrogen-bond donors (Lipinski definition) is 1. The van der Waals surface area contributed by atoms with Gasteiger partial charge >= 0.3 is 5.97 Å². The van der Waals surface area contributed by atoms with Crippen molar-refractivity contribution >= 4 is 11.9 Å². The number of hydrogen-bond acceptors (Lipinski definition) is 5. The molecule has 172 valence electrons. The summed E-state index contributed by atoms with van der Waals surface area (Å²) in [5.74, 6) is -0.383. The number of nitrogens with one attached hydrogen (secondary N) is 1. The molecule has 1 spiro atoms. The molecule has 2 aliphatic rings. The Bertz CT molecular complexity index is 1000. The molecule has 32 heavy (non-hydrogen) atoms. The Morgan fingerprint density at radius 2 is 2.00 bits per heavy atom. The normalized spacial score (nSPS) is 17.5. The van der Waals surface area contributed by atoms with Gasteiger partial charge in [0.15, 0.2) is 0 Å². The summed E-state index contributed by atoms with van der Waals surface area (Å²) >= 11 is 0. The van der Waals surface area contributed by atoms with Gasteiger partial charge in [0.05, 0.1) is 34.8 Å². The minimum Gasteiger partial charge on any atom is -0.462 e. The summed E-state index contributed by atoms with van der Waals surface area (Å²) in [7, 11) is 0. The molecule has 2 aromatic rings. The molecule has 7 nitrogen and oxygen atoms in total. The van der Waals surface area contributed by atoms with Crippen molar-refractivity contribution < 1.29 is 19.1 Å². The molecule has 0 saturated carbocycles. The maximum atomic E-state index is 13.1. The van der Waals surface area contributed by atoms with Crippen molar-refractivity contribution in [3.8, 4) is 5.69 Å². The minimum absolute atomic E-state index is 0.0357. The fourth-order valence-electron chi connectivity index (χ4n) is 4.77. The van der Waals surface area contributed by atoms with E-state index in [1.54, 1.807) is 0 Å². The number of carbonyl (C=O) groups excluding carboxylic acids is 2. The Labute approximate surface area is 189 Å². The predicted molar refractivity (Wildman–Crippen MR) is 121 cm³/mol. The smallest absolute Gasteiger partial charge is 0.338 e. The van der Waals surface area contributed by atoms with Gasteiger partial charge in [-0.25, -0.2) is 9.48 Å². The lowest BCUT2D eigenvalue weighted by Gasteiger charge is -2.36. The highest BCUT2D eigenvalue weighted by molar-refractivity contribution is 5.97. The van der Waals surface area contributed by atoms with Gasteiger partial charge < -0.3 is 14.8 Å². The molecule has 1 amide bonds. The highest BCUT2D eigenvalue weighted by atomic mass is 16.5. The van der Waals surface area contributed by atoms with Gasteiger partial charge in [-0.15, -0.1) is 0 Å². The fourth-order valence-corrected chi connectivity index (χ4v) is 4.77. The van der Waals surface area contributed by atoms with E-state index < -0.39 is 0 Å². The Balaban J connectivity index is 1.84. The molecule has 1 aromatic heterocycles. The van der Waals surface area contributed by atoms with Crippen LogP contribution in [0.2, 0.25) is 0 Å². The third kappa shape index (κ3) is 4.18. The number of aromatic nitrogens is 2. The SMILES string of the molecule is CCCOC(=O)c1ccc(CC)c(-n2nc(CC)c3c2CC2(CCOCC2)CNC3=O)c1. The molecule has 0 aliphatic carbocycles. The van der Waals surface area contributed by atoms with Crippen LogP contribution in [0.25, 0.3) is 5.69 Å². The van der Waals surface area contributed by atoms with Gasteiger partial charge in [-0.2, -0.15) is 5.10 Å². The van der Waals surface area contributed by atoms with Crippen LogP contribution in [0, 0.1) is 5.41 Å². The van der Waals surface area contributed by atoms with Crippen molar-refractivity contribution in [2.75, 3.05) is 26.4 Å². The van der Waals surface area contributed by atoms with E-state index in [2.05, 4.69) is 12.2 Å². The van der Waals surface area contributed by atoms with E-state index in [1.807, 2.05) is 36.7 Å². The maximum Gasteiger partial charge on any atom is 0.338 e. The summed E-state index contributed by atoms with van der Waals surface area (Å²) in [6.45, 7) is 8.54. The molecule has 1 N–H and O–H groups in total. The lowest BCUT2D eigenvalue weighted by atomic mass is 9.76. The number of nitrogens with zero attached hydrogens (tertiary/aromatic N) is 2. The highest BCUT2D eigenvalue weighted by Crippen LogP contribution is 2.38. The van der Waals surface area contributed by atoms with Crippen molar-refractivity contribution in [3.63, 3.8) is 0 Å². The van der Waals surface area contributed by atoms with Crippen molar-refractivity contribution in [3.05, 3.63) is 46.3 Å². The summed E-state index contributed by atoms with van der Waals surface area (Å²) in [5.41, 5.74) is 4.83. The average Bonchev–Trinajstić information content (AvgIpc) is 3.12. The second-order valence-electron chi connectivity index (χ2n) is 8.84. The Hall–Kier alpha value is -2.67. The van der Waals surface area contributed by atoms with E-state index in [9.17, 15) is 9.59 Å². The molecule has 1 saturated heterocycles. The van der Waals surface area contributed by atoms with Gasteiger partial charge in [-0.1, -0.05) is 26.8 Å². The predicted octanol–water partition coefficient (Wildman–Crippen LogP) is 3.65. The number of rotatable bonds is 6. The van der Waals surface area contributed by atoms with Crippen LogP contribution in [-0.4, -0.2) is 48.0 Å². The van der Waals surface area contributed by atoms with Crippen molar-refractivity contribution in [2.45, 2.75) is 59.3 Å². The van der Waals surface area contributed by atoms with Crippen LogP contribution in [-0.2, 0) is 28.7 Å². The Morgan fingerprint density at radius 3 is 2.69 bits per heavy atom. The standard InChI is InChI=1S/C25H33N3O4/c1-4-11-32-24(30)18-8-7-17(5-2)20(14-18)28-21-15-25(9-12-31-13-10-25)16-26-23(29)22(21)19(6-3)27-28/h7-8,14H,4-6,9-13,15-16H2,1-3H3,(H,26,29). The number of esters is 1. The topological polar surface area (TPSA) is 82.5 Å². The fraction of sp³-hybridized carbons (Fsp3) is 0.560. The second-order valence-corrected chi connectivity index (χ2v) is 8.84. The first-order valence-corrected chi connectivity index (χ1v) is 11.8. The lowest BCUT2D eigenvalue weighted by molar-refractivity contribution is 0.0155. The molecule has 7 heteroatoms. The van der Waals surface area contributed by atoms with Crippen LogP contribution >= 0.6 is 0 Å². The van der Waals surface area contributed by atoms with Crippen LogP contribution in [0.1, 0.15) is 77.7 Å². The van der Waals surface area contributed by atoms with Gasteiger partial charge in [0.2, 0.25) is 0 Å². The highest BCUT2D eigenvalue weighted by Gasteiger charge is 2.40. The second kappa shape index (κ2) is 9.45. The first kappa shape index (κ1) is 22.5. The monoisotopic (exact) mass is 439 g/mol. The Morgan fingerprint density at radius 1 is 1.22 bits per heavy atom. The van der Waals surface area contributed by atoms with Gasteiger partial charge in [0.25, 0.3) is 5.91 Å². The third-order valence-corrected chi connectivity index (χ3v) is 6.70. The largest absolute Gasteiger partial charge is 0.462 e. The first-order valence-electron chi connectivity index (χ1n) is 11.8. The third-order valence-electron chi connectivity index (χ3n) is 6.70. The van der Waals surface area contributed by atoms with Crippen LogP contribution in [0.5, 0.6) is 0 Å². The zero-order valence-corrected chi connectivity index (χ0v) is 19.3. The number of benzene rings is 1. The zero-order valence-electron chi connectivity index (χ0n) is 19.3. The van der Waals surface area contributed by atoms with Crippen molar-refractivity contribution in [1.29, 1.82) is 0 Å². The molecule has 0 atom stereocenters. The molecule has 1 aromatic carbocycles. The van der Waals surface area contributed by atoms with Gasteiger partial charge in [0, 0.05) is 19.8 Å². The van der Waals surface area contributed by atoms with E-state index in [4.69, 9.17) is 14.6 Å². The number of fused-ring (bicyclic) bond motifs is 1. The summed E-state index contributed by atoms with van der Waals surface area (Å²) < 4.78 is 12.9.